The summed E-state index contributed by atoms with van der Waals surface area (Å²) in [5.74, 6) is 0. The van der Waals surface area contributed by atoms with Crippen LogP contribution in [0.2, 0.25) is 0 Å². The van der Waals surface area contributed by atoms with E-state index in [9.17, 15) is 4.79 Å². The zero-order valence-corrected chi connectivity index (χ0v) is 15.2. The third-order valence-electron chi connectivity index (χ3n) is 4.63. The number of nitrogens with one attached hydrogen (secondary N) is 2. The fourth-order valence-corrected chi connectivity index (χ4v) is 2.98. The molecule has 1 fully saturated rings. The quantitative estimate of drug-likeness (QED) is 0.897. The Morgan fingerprint density at radius 1 is 0.920 bits per heavy atom. The summed E-state index contributed by atoms with van der Waals surface area (Å²) in [7, 11) is 2.15. The van der Waals surface area contributed by atoms with E-state index in [1.54, 1.807) is 0 Å². The number of carbonyl (C=O) groups is 1. The minimum atomic E-state index is -0.221. The maximum absolute atomic E-state index is 12.2. The number of amides is 2. The summed E-state index contributed by atoms with van der Waals surface area (Å²) < 4.78 is 0. The summed E-state index contributed by atoms with van der Waals surface area (Å²) >= 11 is 0. The van der Waals surface area contributed by atoms with Crippen molar-refractivity contribution < 1.29 is 4.79 Å². The molecule has 132 valence electrons. The largest absolute Gasteiger partial charge is 0.369 e. The molecule has 0 spiro atoms. The topological polar surface area (TPSA) is 47.6 Å². The molecule has 1 aliphatic rings. The average molecular weight is 338 g/mol. The van der Waals surface area contributed by atoms with Crippen molar-refractivity contribution in [1.82, 2.24) is 4.90 Å². The van der Waals surface area contributed by atoms with Gasteiger partial charge in [0.1, 0.15) is 0 Å². The zero-order chi connectivity index (χ0) is 17.8. The first-order valence-corrected chi connectivity index (χ1v) is 8.70. The number of hydrogen-bond donors (Lipinski definition) is 2. The molecule has 2 N–H and O–H groups in total. The van der Waals surface area contributed by atoms with Crippen LogP contribution in [0.1, 0.15) is 11.1 Å². The standard InChI is InChI=1S/C20H26N4O/c1-15-4-5-16(2)19(14-15)22-20(25)21-17-6-8-18(9-7-17)24-12-10-23(3)11-13-24/h4-9,14H,10-13H2,1-3H3,(H2,21,22,25). The Morgan fingerprint density at radius 2 is 1.60 bits per heavy atom. The van der Waals surface area contributed by atoms with Crippen LogP contribution in [0.4, 0.5) is 21.9 Å². The highest BCUT2D eigenvalue weighted by Crippen LogP contribution is 2.20. The molecule has 0 saturated carbocycles. The van der Waals surface area contributed by atoms with Gasteiger partial charge in [0.15, 0.2) is 0 Å². The third-order valence-corrected chi connectivity index (χ3v) is 4.63. The monoisotopic (exact) mass is 338 g/mol. The lowest BCUT2D eigenvalue weighted by Crippen LogP contribution is -2.44. The normalized spacial score (nSPS) is 15.1. The highest BCUT2D eigenvalue weighted by Gasteiger charge is 2.14. The molecule has 0 atom stereocenters. The molecular weight excluding hydrogens is 312 g/mol. The number of likely N-dealkylation sites (N-methyl/N-ethyl adjacent to an activating group) is 1. The minimum absolute atomic E-state index is 0.221. The maximum Gasteiger partial charge on any atom is 0.323 e. The molecule has 1 aliphatic heterocycles. The van der Waals surface area contributed by atoms with E-state index < -0.39 is 0 Å². The van der Waals surface area contributed by atoms with Crippen molar-refractivity contribution in [2.75, 3.05) is 48.8 Å². The van der Waals surface area contributed by atoms with Crippen LogP contribution in [0, 0.1) is 13.8 Å². The maximum atomic E-state index is 12.2. The first-order valence-electron chi connectivity index (χ1n) is 8.70. The van der Waals surface area contributed by atoms with Crippen molar-refractivity contribution in [3.8, 4) is 0 Å². The van der Waals surface area contributed by atoms with Gasteiger partial charge in [-0.05, 0) is 62.4 Å². The molecule has 2 aromatic carbocycles. The lowest BCUT2D eigenvalue weighted by molar-refractivity contribution is 0.262. The van der Waals surface area contributed by atoms with E-state index in [0.717, 1.165) is 48.7 Å². The Kier molecular flexibility index (Phi) is 5.24. The Bertz CT molecular complexity index is 734. The van der Waals surface area contributed by atoms with Crippen molar-refractivity contribution in [3.05, 3.63) is 53.6 Å². The summed E-state index contributed by atoms with van der Waals surface area (Å²) in [5, 5.41) is 5.81. The third kappa shape index (κ3) is 4.51. The van der Waals surface area contributed by atoms with E-state index in [-0.39, 0.29) is 6.03 Å². The van der Waals surface area contributed by atoms with Crippen LogP contribution in [-0.2, 0) is 0 Å². The fraction of sp³-hybridized carbons (Fsp3) is 0.350. The van der Waals surface area contributed by atoms with Gasteiger partial charge in [-0.25, -0.2) is 4.79 Å². The van der Waals surface area contributed by atoms with Crippen molar-refractivity contribution >= 4 is 23.1 Å². The first-order chi connectivity index (χ1) is 12.0. The van der Waals surface area contributed by atoms with Crippen molar-refractivity contribution in [2.24, 2.45) is 0 Å². The molecule has 1 saturated heterocycles. The number of urea groups is 1. The van der Waals surface area contributed by atoms with Gasteiger partial charge < -0.3 is 20.4 Å². The van der Waals surface area contributed by atoms with Gasteiger partial charge in [-0.3, -0.25) is 0 Å². The molecule has 5 heteroatoms. The van der Waals surface area contributed by atoms with E-state index in [1.165, 1.54) is 5.69 Å². The van der Waals surface area contributed by atoms with E-state index in [2.05, 4.69) is 39.6 Å². The number of anilines is 3. The molecule has 5 nitrogen and oxygen atoms in total. The van der Waals surface area contributed by atoms with Gasteiger partial charge in [0, 0.05) is 43.2 Å². The number of aryl methyl sites for hydroxylation is 2. The van der Waals surface area contributed by atoms with Crippen LogP contribution < -0.4 is 15.5 Å². The molecule has 1 heterocycles. The van der Waals surface area contributed by atoms with Crippen LogP contribution in [0.3, 0.4) is 0 Å². The van der Waals surface area contributed by atoms with Gasteiger partial charge in [0.25, 0.3) is 0 Å². The van der Waals surface area contributed by atoms with Crippen LogP contribution in [0.5, 0.6) is 0 Å². The number of benzene rings is 2. The van der Waals surface area contributed by atoms with E-state index in [4.69, 9.17) is 0 Å². The van der Waals surface area contributed by atoms with Crippen LogP contribution in [0.15, 0.2) is 42.5 Å². The lowest BCUT2D eigenvalue weighted by Gasteiger charge is -2.34. The zero-order valence-electron chi connectivity index (χ0n) is 15.2. The predicted molar refractivity (Wildman–Crippen MR) is 105 cm³/mol. The van der Waals surface area contributed by atoms with Crippen LogP contribution in [0.25, 0.3) is 0 Å². The summed E-state index contributed by atoms with van der Waals surface area (Å²) in [4.78, 5) is 16.9. The molecular formula is C20H26N4O. The summed E-state index contributed by atoms with van der Waals surface area (Å²) in [6.07, 6.45) is 0. The van der Waals surface area contributed by atoms with E-state index in [1.807, 2.05) is 44.2 Å². The molecule has 0 aliphatic carbocycles. The molecule has 0 radical (unpaired) electrons. The highest BCUT2D eigenvalue weighted by molar-refractivity contribution is 6.00. The van der Waals surface area contributed by atoms with Crippen molar-refractivity contribution in [2.45, 2.75) is 13.8 Å². The Morgan fingerprint density at radius 3 is 2.28 bits per heavy atom. The summed E-state index contributed by atoms with van der Waals surface area (Å²) in [5.41, 5.74) is 5.00. The number of rotatable bonds is 3. The minimum Gasteiger partial charge on any atom is -0.369 e. The smallest absolute Gasteiger partial charge is 0.323 e. The highest BCUT2D eigenvalue weighted by atomic mass is 16.2. The second-order valence-corrected chi connectivity index (χ2v) is 6.73. The number of nitrogens with zero attached hydrogens (tertiary/aromatic N) is 2. The van der Waals surface area contributed by atoms with Gasteiger partial charge in [-0.1, -0.05) is 12.1 Å². The average Bonchev–Trinajstić information content (AvgIpc) is 2.59. The molecule has 0 unspecified atom stereocenters. The molecule has 0 aromatic heterocycles. The molecule has 25 heavy (non-hydrogen) atoms. The van der Waals surface area contributed by atoms with Crippen molar-refractivity contribution in [1.29, 1.82) is 0 Å². The van der Waals surface area contributed by atoms with Gasteiger partial charge in [0.05, 0.1) is 0 Å². The Labute approximate surface area is 149 Å². The number of hydrogen-bond acceptors (Lipinski definition) is 3. The van der Waals surface area contributed by atoms with Crippen LogP contribution >= 0.6 is 0 Å². The summed E-state index contributed by atoms with van der Waals surface area (Å²) in [6, 6.07) is 13.8. The SMILES string of the molecule is Cc1ccc(C)c(NC(=O)Nc2ccc(N3CCN(C)CC3)cc2)c1. The van der Waals surface area contributed by atoms with E-state index in [0.29, 0.717) is 0 Å². The Hall–Kier alpha value is -2.53. The number of carbonyl (C=O) groups excluding carboxylic acids is 1. The summed E-state index contributed by atoms with van der Waals surface area (Å²) in [6.45, 7) is 8.24. The Balaban J connectivity index is 1.59. The van der Waals surface area contributed by atoms with Crippen LogP contribution in [-0.4, -0.2) is 44.2 Å². The van der Waals surface area contributed by atoms with Gasteiger partial charge in [-0.15, -0.1) is 0 Å². The fourth-order valence-electron chi connectivity index (χ4n) is 2.98. The van der Waals surface area contributed by atoms with Crippen molar-refractivity contribution in [3.63, 3.8) is 0 Å². The predicted octanol–water partition coefficient (Wildman–Crippen LogP) is 3.70. The van der Waals surface area contributed by atoms with Gasteiger partial charge in [-0.2, -0.15) is 0 Å². The number of piperazine rings is 1. The van der Waals surface area contributed by atoms with E-state index >= 15 is 0 Å². The van der Waals surface area contributed by atoms with Gasteiger partial charge >= 0.3 is 6.03 Å². The molecule has 0 bridgehead atoms. The molecule has 2 amide bonds. The van der Waals surface area contributed by atoms with Gasteiger partial charge in [0.2, 0.25) is 0 Å². The lowest BCUT2D eigenvalue weighted by atomic mass is 10.1. The first kappa shape index (κ1) is 17.3. The molecule has 3 rings (SSSR count). The second-order valence-electron chi connectivity index (χ2n) is 6.73. The second kappa shape index (κ2) is 7.57. The molecule has 2 aromatic rings.